The van der Waals surface area contributed by atoms with E-state index in [2.05, 4.69) is 15.2 Å². The first-order valence-electron chi connectivity index (χ1n) is 9.89. The summed E-state index contributed by atoms with van der Waals surface area (Å²) in [7, 11) is 0. The number of anilines is 2. The van der Waals surface area contributed by atoms with Crippen LogP contribution in [0, 0.1) is 0 Å². The summed E-state index contributed by atoms with van der Waals surface area (Å²) < 4.78 is 2.08. The minimum absolute atomic E-state index is 0.121. The summed E-state index contributed by atoms with van der Waals surface area (Å²) in [5, 5.41) is 6.03. The van der Waals surface area contributed by atoms with Gasteiger partial charge in [0.1, 0.15) is 0 Å². The van der Waals surface area contributed by atoms with Crippen molar-refractivity contribution < 1.29 is 9.59 Å². The maximum atomic E-state index is 12.8. The van der Waals surface area contributed by atoms with E-state index in [0.717, 1.165) is 21.9 Å². The second-order valence-corrected chi connectivity index (χ2v) is 8.37. The summed E-state index contributed by atoms with van der Waals surface area (Å²) in [5.74, 6) is -0.257. The third-order valence-corrected chi connectivity index (χ3v) is 5.72. The molecular weight excluding hydrogens is 408 g/mol. The van der Waals surface area contributed by atoms with Crippen LogP contribution in [0.5, 0.6) is 0 Å². The van der Waals surface area contributed by atoms with Crippen LogP contribution in [0.2, 0.25) is 0 Å². The van der Waals surface area contributed by atoms with Crippen LogP contribution in [-0.4, -0.2) is 26.6 Å². The van der Waals surface area contributed by atoms with Crippen LogP contribution < -0.4 is 10.6 Å². The smallest absolute Gasteiger partial charge is 0.237 e. The molecule has 0 unspecified atom stereocenters. The first-order valence-corrected chi connectivity index (χ1v) is 10.8. The molecule has 156 valence electrons. The predicted octanol–water partition coefficient (Wildman–Crippen LogP) is 5.10. The highest BCUT2D eigenvalue weighted by Crippen LogP contribution is 2.30. The lowest BCUT2D eigenvalue weighted by atomic mass is 10.2. The second-order valence-electron chi connectivity index (χ2n) is 7.06. The number of imidazole rings is 1. The Morgan fingerprint density at radius 2 is 1.48 bits per heavy atom. The van der Waals surface area contributed by atoms with E-state index in [0.29, 0.717) is 11.4 Å². The van der Waals surface area contributed by atoms with E-state index in [-0.39, 0.29) is 17.1 Å². The molecule has 7 heteroatoms. The molecule has 0 aliphatic rings. The van der Waals surface area contributed by atoms with Gasteiger partial charge in [-0.1, -0.05) is 42.1 Å². The Morgan fingerprint density at radius 3 is 2.16 bits per heavy atom. The van der Waals surface area contributed by atoms with Gasteiger partial charge in [-0.2, -0.15) is 0 Å². The van der Waals surface area contributed by atoms with Gasteiger partial charge in [0.25, 0.3) is 0 Å². The Labute approximate surface area is 184 Å². The van der Waals surface area contributed by atoms with Gasteiger partial charge in [-0.25, -0.2) is 4.98 Å². The third-order valence-electron chi connectivity index (χ3n) is 4.67. The van der Waals surface area contributed by atoms with Gasteiger partial charge in [0, 0.05) is 24.0 Å². The van der Waals surface area contributed by atoms with Crippen molar-refractivity contribution in [2.24, 2.45) is 0 Å². The van der Waals surface area contributed by atoms with Crippen molar-refractivity contribution in [2.75, 3.05) is 10.6 Å². The van der Waals surface area contributed by atoms with Gasteiger partial charge < -0.3 is 10.6 Å². The molecule has 6 nitrogen and oxygen atoms in total. The molecule has 0 bridgehead atoms. The maximum absolute atomic E-state index is 12.8. The average Bonchev–Trinajstić information content (AvgIpc) is 3.13. The molecule has 0 saturated heterocycles. The number of aromatic nitrogens is 2. The van der Waals surface area contributed by atoms with Crippen LogP contribution in [0.1, 0.15) is 13.8 Å². The van der Waals surface area contributed by atoms with Gasteiger partial charge in [-0.3, -0.25) is 14.2 Å². The van der Waals surface area contributed by atoms with E-state index < -0.39 is 0 Å². The van der Waals surface area contributed by atoms with Crippen molar-refractivity contribution in [3.05, 3.63) is 78.9 Å². The van der Waals surface area contributed by atoms with Gasteiger partial charge in [0.05, 0.1) is 16.3 Å². The molecule has 1 heterocycles. The number of rotatable bonds is 6. The Balaban J connectivity index is 1.54. The highest BCUT2D eigenvalue weighted by molar-refractivity contribution is 8.00. The number of thioether (sulfide) groups is 1. The lowest BCUT2D eigenvalue weighted by Crippen LogP contribution is -2.22. The number of fused-ring (bicyclic) bond motifs is 1. The van der Waals surface area contributed by atoms with Crippen molar-refractivity contribution in [1.29, 1.82) is 0 Å². The quantitative estimate of drug-likeness (QED) is 0.417. The van der Waals surface area contributed by atoms with Gasteiger partial charge in [0.2, 0.25) is 11.8 Å². The molecule has 2 N–H and O–H groups in total. The summed E-state index contributed by atoms with van der Waals surface area (Å²) in [4.78, 5) is 28.7. The van der Waals surface area contributed by atoms with E-state index in [4.69, 9.17) is 4.98 Å². The third kappa shape index (κ3) is 4.78. The molecule has 4 aromatic rings. The van der Waals surface area contributed by atoms with Gasteiger partial charge in [-0.05, 0) is 55.5 Å². The van der Waals surface area contributed by atoms with E-state index in [1.54, 1.807) is 24.3 Å². The minimum Gasteiger partial charge on any atom is -0.326 e. The molecule has 1 aromatic heterocycles. The fraction of sp³-hybridized carbons (Fsp3) is 0.125. The van der Waals surface area contributed by atoms with Crippen molar-refractivity contribution >= 4 is 46.0 Å². The number of hydrogen-bond acceptors (Lipinski definition) is 4. The van der Waals surface area contributed by atoms with Crippen LogP contribution >= 0.6 is 11.8 Å². The Morgan fingerprint density at radius 1 is 0.871 bits per heavy atom. The van der Waals surface area contributed by atoms with Crippen molar-refractivity contribution in [3.63, 3.8) is 0 Å². The van der Waals surface area contributed by atoms with Crippen molar-refractivity contribution in [1.82, 2.24) is 9.55 Å². The molecule has 0 saturated carbocycles. The number of amides is 2. The molecule has 3 aromatic carbocycles. The van der Waals surface area contributed by atoms with Gasteiger partial charge >= 0.3 is 0 Å². The number of nitrogens with zero attached hydrogens (tertiary/aromatic N) is 2. The Hall–Kier alpha value is -3.58. The molecule has 4 rings (SSSR count). The fourth-order valence-corrected chi connectivity index (χ4v) is 4.15. The minimum atomic E-state index is -0.366. The summed E-state index contributed by atoms with van der Waals surface area (Å²) in [5.41, 5.74) is 4.24. The standard InChI is InChI=1S/C24H22N4O2S/c1-16(23(30)26-19-14-12-18(13-15-19)25-17(2)29)31-24-27-21-10-6-7-11-22(21)28(24)20-8-4-3-5-9-20/h3-16H,1-2H3,(H,25,29)(H,26,30)/t16-/m0/s1. The lowest BCUT2D eigenvalue weighted by Gasteiger charge is -2.14. The zero-order valence-corrected chi connectivity index (χ0v) is 18.0. The largest absolute Gasteiger partial charge is 0.326 e. The predicted molar refractivity (Wildman–Crippen MR) is 126 cm³/mol. The topological polar surface area (TPSA) is 76.0 Å². The van der Waals surface area contributed by atoms with Crippen molar-refractivity contribution in [2.45, 2.75) is 24.3 Å². The van der Waals surface area contributed by atoms with E-state index in [9.17, 15) is 9.59 Å². The number of carbonyl (C=O) groups is 2. The molecule has 0 aliphatic heterocycles. The molecule has 31 heavy (non-hydrogen) atoms. The number of hydrogen-bond donors (Lipinski definition) is 2. The molecule has 0 aliphatic carbocycles. The first kappa shape index (κ1) is 20.7. The zero-order valence-electron chi connectivity index (χ0n) is 17.2. The molecule has 1 atom stereocenters. The van der Waals surface area contributed by atoms with Crippen LogP contribution in [0.4, 0.5) is 11.4 Å². The summed E-state index contributed by atoms with van der Waals surface area (Å²) >= 11 is 1.41. The summed E-state index contributed by atoms with van der Waals surface area (Å²) in [6.45, 7) is 3.32. The fourth-order valence-electron chi connectivity index (χ4n) is 3.21. The van der Waals surface area contributed by atoms with E-state index in [1.165, 1.54) is 18.7 Å². The highest BCUT2D eigenvalue weighted by Gasteiger charge is 2.20. The lowest BCUT2D eigenvalue weighted by molar-refractivity contribution is -0.115. The number of benzene rings is 3. The normalized spacial score (nSPS) is 11.8. The van der Waals surface area contributed by atoms with Crippen LogP contribution in [-0.2, 0) is 9.59 Å². The number of para-hydroxylation sites is 3. The van der Waals surface area contributed by atoms with Crippen LogP contribution in [0.15, 0.2) is 84.0 Å². The average molecular weight is 431 g/mol. The van der Waals surface area contributed by atoms with Crippen molar-refractivity contribution in [3.8, 4) is 5.69 Å². The Bertz CT molecular complexity index is 1220. The zero-order chi connectivity index (χ0) is 21.8. The summed E-state index contributed by atoms with van der Waals surface area (Å²) in [6, 6.07) is 25.0. The Kier molecular flexibility index (Phi) is 6.04. The molecular formula is C24H22N4O2S. The SMILES string of the molecule is CC(=O)Nc1ccc(NC(=O)[C@H](C)Sc2nc3ccccc3n2-c2ccccc2)cc1. The van der Waals surface area contributed by atoms with Gasteiger partial charge in [-0.15, -0.1) is 0 Å². The number of carbonyl (C=O) groups excluding carboxylic acids is 2. The number of nitrogens with one attached hydrogen (secondary N) is 2. The first-order chi connectivity index (χ1) is 15.0. The van der Waals surface area contributed by atoms with E-state index >= 15 is 0 Å². The monoisotopic (exact) mass is 430 g/mol. The summed E-state index contributed by atoms with van der Waals surface area (Å²) in [6.07, 6.45) is 0. The molecule has 0 fully saturated rings. The molecule has 2 amide bonds. The van der Waals surface area contributed by atoms with Gasteiger partial charge in [0.15, 0.2) is 5.16 Å². The maximum Gasteiger partial charge on any atom is 0.237 e. The van der Waals surface area contributed by atoms with Crippen LogP contribution in [0.3, 0.4) is 0 Å². The molecule has 0 spiro atoms. The molecule has 0 radical (unpaired) electrons. The second kappa shape index (κ2) is 9.06. The van der Waals surface area contributed by atoms with Crippen LogP contribution in [0.25, 0.3) is 16.7 Å². The highest BCUT2D eigenvalue weighted by atomic mass is 32.2. The van der Waals surface area contributed by atoms with E-state index in [1.807, 2.05) is 61.5 Å².